The predicted molar refractivity (Wildman–Crippen MR) is 74.5 cm³/mol. The Hall–Kier alpha value is -1.62. The van der Waals surface area contributed by atoms with Crippen LogP contribution in [0.2, 0.25) is 0 Å². The second kappa shape index (κ2) is 5.57. The average Bonchev–Trinajstić information content (AvgIpc) is 2.71. The molecule has 1 saturated heterocycles. The lowest BCUT2D eigenvalue weighted by Crippen LogP contribution is -2.35. The van der Waals surface area contributed by atoms with E-state index in [4.69, 9.17) is 0 Å². The molecule has 1 fully saturated rings. The number of carbonyl (C=O) groups excluding carboxylic acids is 1. The van der Waals surface area contributed by atoms with E-state index < -0.39 is 12.0 Å². The lowest BCUT2D eigenvalue weighted by Gasteiger charge is -2.25. The maximum Gasteiger partial charge on any atom is 0.331 e. The van der Waals surface area contributed by atoms with Crippen LogP contribution in [-0.4, -0.2) is 28.4 Å². The number of likely N-dealkylation sites (tertiary alicyclic amines) is 1. The number of carbonyl (C=O) groups is 2. The number of aliphatic carboxylic acids is 1. The highest BCUT2D eigenvalue weighted by molar-refractivity contribution is 9.10. The Kier molecular flexibility index (Phi) is 4.04. The molecule has 2 unspecified atom stereocenters. The van der Waals surface area contributed by atoms with Gasteiger partial charge in [0.2, 0.25) is 5.91 Å². The molecule has 2 atom stereocenters. The zero-order valence-corrected chi connectivity index (χ0v) is 11.8. The van der Waals surface area contributed by atoms with Crippen molar-refractivity contribution in [3.63, 3.8) is 0 Å². The van der Waals surface area contributed by atoms with Gasteiger partial charge in [-0.1, -0.05) is 34.1 Å². The summed E-state index contributed by atoms with van der Waals surface area (Å²) in [7, 11) is 0. The van der Waals surface area contributed by atoms with Crippen LogP contribution in [0.1, 0.15) is 18.0 Å². The van der Waals surface area contributed by atoms with Gasteiger partial charge in [-0.05, 0) is 17.7 Å². The number of carboxylic acid groups (broad SMARTS) is 1. The molecule has 0 aliphatic carbocycles. The molecule has 0 spiro atoms. The minimum Gasteiger partial charge on any atom is -0.479 e. The van der Waals surface area contributed by atoms with Gasteiger partial charge in [0.1, 0.15) is 0 Å². The number of nitrogens with zero attached hydrogens (tertiary/aromatic N) is 1. The maximum atomic E-state index is 12.0. The van der Waals surface area contributed by atoms with E-state index in [1.54, 1.807) is 24.3 Å². The minimum absolute atomic E-state index is 0.0292. The van der Waals surface area contributed by atoms with Crippen LogP contribution in [0.25, 0.3) is 0 Å². The van der Waals surface area contributed by atoms with E-state index in [1.807, 2.05) is 6.07 Å². The van der Waals surface area contributed by atoms with E-state index in [0.29, 0.717) is 18.5 Å². The standard InChI is InChI=1S/C14H14BrNO3/c1-2-9-6-12(17)16(8-9)13(14(18)19)10-4-3-5-11(15)7-10/h2-5,7,9,13H,1,6,8H2,(H,18,19). The van der Waals surface area contributed by atoms with E-state index in [9.17, 15) is 14.7 Å². The van der Waals surface area contributed by atoms with Crippen molar-refractivity contribution in [1.82, 2.24) is 4.90 Å². The SMILES string of the molecule is C=CC1CC(=O)N(C(C(=O)O)c2cccc(Br)c2)C1. The molecule has 1 aromatic rings. The molecule has 1 aliphatic heterocycles. The quantitative estimate of drug-likeness (QED) is 0.866. The van der Waals surface area contributed by atoms with Gasteiger partial charge in [0, 0.05) is 23.4 Å². The Balaban J connectivity index is 2.34. The summed E-state index contributed by atoms with van der Waals surface area (Å²) < 4.78 is 0.795. The molecule has 1 N–H and O–H groups in total. The Morgan fingerprint density at radius 2 is 2.32 bits per heavy atom. The molecule has 100 valence electrons. The molecule has 2 rings (SSSR count). The maximum absolute atomic E-state index is 12.0. The number of hydrogen-bond donors (Lipinski definition) is 1. The second-order valence-corrected chi connectivity index (χ2v) is 5.46. The number of rotatable bonds is 4. The molecule has 0 radical (unpaired) electrons. The Morgan fingerprint density at radius 1 is 1.58 bits per heavy atom. The van der Waals surface area contributed by atoms with E-state index in [0.717, 1.165) is 4.47 Å². The predicted octanol–water partition coefficient (Wildman–Crippen LogP) is 2.61. The van der Waals surface area contributed by atoms with Crippen LogP contribution in [0.5, 0.6) is 0 Å². The van der Waals surface area contributed by atoms with Gasteiger partial charge in [0.15, 0.2) is 6.04 Å². The van der Waals surface area contributed by atoms with E-state index >= 15 is 0 Å². The first-order chi connectivity index (χ1) is 9.02. The molecule has 1 aliphatic rings. The van der Waals surface area contributed by atoms with Crippen LogP contribution < -0.4 is 0 Å². The van der Waals surface area contributed by atoms with Crippen LogP contribution in [0.3, 0.4) is 0 Å². The van der Waals surface area contributed by atoms with E-state index in [1.165, 1.54) is 4.90 Å². The van der Waals surface area contributed by atoms with Crippen LogP contribution in [0.15, 0.2) is 41.4 Å². The highest BCUT2D eigenvalue weighted by atomic mass is 79.9. The molecule has 4 nitrogen and oxygen atoms in total. The highest BCUT2D eigenvalue weighted by Crippen LogP contribution is 2.30. The third-order valence-electron chi connectivity index (χ3n) is 3.23. The lowest BCUT2D eigenvalue weighted by molar-refractivity contribution is -0.148. The number of hydrogen-bond acceptors (Lipinski definition) is 2. The molecule has 0 bridgehead atoms. The van der Waals surface area contributed by atoms with Gasteiger partial charge in [-0.15, -0.1) is 6.58 Å². The first-order valence-electron chi connectivity index (χ1n) is 5.93. The summed E-state index contributed by atoms with van der Waals surface area (Å²) in [6.07, 6.45) is 2.04. The van der Waals surface area contributed by atoms with Crippen molar-refractivity contribution in [2.45, 2.75) is 12.5 Å². The van der Waals surface area contributed by atoms with Gasteiger partial charge in [-0.25, -0.2) is 4.79 Å². The summed E-state index contributed by atoms with van der Waals surface area (Å²) in [4.78, 5) is 24.9. The molecule has 5 heteroatoms. The zero-order valence-electron chi connectivity index (χ0n) is 10.3. The summed E-state index contributed by atoms with van der Waals surface area (Å²) >= 11 is 3.32. The van der Waals surface area contributed by atoms with Crippen molar-refractivity contribution < 1.29 is 14.7 Å². The largest absolute Gasteiger partial charge is 0.479 e. The summed E-state index contributed by atoms with van der Waals surface area (Å²) in [6, 6.07) is 6.10. The molecule has 19 heavy (non-hydrogen) atoms. The van der Waals surface area contributed by atoms with Gasteiger partial charge in [-0.3, -0.25) is 4.79 Å². The van der Waals surface area contributed by atoms with Crippen molar-refractivity contribution in [1.29, 1.82) is 0 Å². The van der Waals surface area contributed by atoms with Gasteiger partial charge in [-0.2, -0.15) is 0 Å². The Labute approximate surface area is 119 Å². The molecule has 1 aromatic carbocycles. The van der Waals surface area contributed by atoms with E-state index in [2.05, 4.69) is 22.5 Å². The first kappa shape index (κ1) is 13.8. The first-order valence-corrected chi connectivity index (χ1v) is 6.72. The summed E-state index contributed by atoms with van der Waals surface area (Å²) in [6.45, 7) is 4.08. The second-order valence-electron chi connectivity index (χ2n) is 4.54. The Bertz CT molecular complexity index is 529. The fourth-order valence-corrected chi connectivity index (χ4v) is 2.72. The van der Waals surface area contributed by atoms with Crippen LogP contribution in [0, 0.1) is 5.92 Å². The minimum atomic E-state index is -1.02. The number of benzene rings is 1. The van der Waals surface area contributed by atoms with Crippen molar-refractivity contribution >= 4 is 27.8 Å². The highest BCUT2D eigenvalue weighted by Gasteiger charge is 2.37. The zero-order chi connectivity index (χ0) is 14.0. The molecule has 1 amide bonds. The van der Waals surface area contributed by atoms with Gasteiger partial charge in [0.25, 0.3) is 0 Å². The van der Waals surface area contributed by atoms with Crippen molar-refractivity contribution in [2.24, 2.45) is 5.92 Å². The van der Waals surface area contributed by atoms with Crippen LogP contribution in [-0.2, 0) is 9.59 Å². The lowest BCUT2D eigenvalue weighted by atomic mass is 10.1. The fraction of sp³-hybridized carbons (Fsp3) is 0.286. The molecular formula is C14H14BrNO3. The number of amides is 1. The molecule has 0 saturated carbocycles. The fourth-order valence-electron chi connectivity index (χ4n) is 2.30. The van der Waals surface area contributed by atoms with Crippen molar-refractivity contribution in [3.8, 4) is 0 Å². The van der Waals surface area contributed by atoms with E-state index in [-0.39, 0.29) is 11.8 Å². The molecule has 1 heterocycles. The third kappa shape index (κ3) is 2.87. The summed E-state index contributed by atoms with van der Waals surface area (Å²) in [5, 5.41) is 9.42. The molecule has 0 aromatic heterocycles. The summed E-state index contributed by atoms with van der Waals surface area (Å²) in [5.74, 6) is -1.13. The summed E-state index contributed by atoms with van der Waals surface area (Å²) in [5.41, 5.74) is 0.597. The van der Waals surface area contributed by atoms with Gasteiger partial charge in [0.05, 0.1) is 0 Å². The van der Waals surface area contributed by atoms with Gasteiger partial charge >= 0.3 is 5.97 Å². The van der Waals surface area contributed by atoms with Crippen LogP contribution in [0.4, 0.5) is 0 Å². The average molecular weight is 324 g/mol. The molecular weight excluding hydrogens is 310 g/mol. The van der Waals surface area contributed by atoms with Gasteiger partial charge < -0.3 is 10.0 Å². The normalized spacial score (nSPS) is 20.4. The van der Waals surface area contributed by atoms with Crippen LogP contribution >= 0.6 is 15.9 Å². The number of halogens is 1. The van der Waals surface area contributed by atoms with Crippen molar-refractivity contribution in [2.75, 3.05) is 6.54 Å². The monoisotopic (exact) mass is 323 g/mol. The topological polar surface area (TPSA) is 57.6 Å². The Morgan fingerprint density at radius 3 is 2.84 bits per heavy atom. The van der Waals surface area contributed by atoms with Crippen molar-refractivity contribution in [3.05, 3.63) is 47.0 Å². The smallest absolute Gasteiger partial charge is 0.331 e. The third-order valence-corrected chi connectivity index (χ3v) is 3.72. The number of carboxylic acids is 1.